The minimum absolute atomic E-state index is 0.0478. The molecule has 0 fully saturated rings. The first-order valence-corrected chi connectivity index (χ1v) is 13.7. The number of hydrogen-bond acceptors (Lipinski definition) is 4. The Morgan fingerprint density at radius 2 is 1.66 bits per heavy atom. The van der Waals surface area contributed by atoms with Gasteiger partial charge in [-0.1, -0.05) is 66.7 Å². The van der Waals surface area contributed by atoms with Gasteiger partial charge in [0.05, 0.1) is 12.1 Å². The lowest BCUT2D eigenvalue weighted by Crippen LogP contribution is -2.29. The van der Waals surface area contributed by atoms with Crippen LogP contribution in [0.25, 0.3) is 22.0 Å². The van der Waals surface area contributed by atoms with Crippen molar-refractivity contribution in [2.45, 2.75) is 33.1 Å². The van der Waals surface area contributed by atoms with E-state index in [1.807, 2.05) is 66.4 Å². The molecule has 1 aliphatic heterocycles. The van der Waals surface area contributed by atoms with E-state index in [4.69, 9.17) is 4.98 Å². The molecule has 4 nitrogen and oxygen atoms in total. The lowest BCUT2D eigenvalue weighted by Gasteiger charge is -2.18. The Balaban J connectivity index is 1.18. The van der Waals surface area contributed by atoms with Gasteiger partial charge in [0.25, 0.3) is 5.91 Å². The van der Waals surface area contributed by atoms with Crippen LogP contribution in [0.15, 0.2) is 84.9 Å². The molecule has 0 saturated carbocycles. The maximum absolute atomic E-state index is 13.2. The van der Waals surface area contributed by atoms with Crippen LogP contribution in [0.5, 0.6) is 0 Å². The number of carbonyl (C=O) groups excluding carboxylic acids is 2. The largest absolute Gasteiger partial charge is 0.308 e. The van der Waals surface area contributed by atoms with Crippen molar-refractivity contribution in [3.63, 3.8) is 0 Å². The van der Waals surface area contributed by atoms with Gasteiger partial charge in [0.15, 0.2) is 0 Å². The minimum atomic E-state index is 0.0478. The van der Waals surface area contributed by atoms with E-state index >= 15 is 0 Å². The maximum Gasteiger partial charge on any atom is 0.258 e. The fourth-order valence-corrected chi connectivity index (χ4v) is 6.30. The van der Waals surface area contributed by atoms with Crippen LogP contribution in [0.4, 0.5) is 5.69 Å². The number of hydrogen-bond donors (Lipinski definition) is 0. The molecule has 0 saturated heterocycles. The Kier molecular flexibility index (Phi) is 6.38. The van der Waals surface area contributed by atoms with Gasteiger partial charge < -0.3 is 4.90 Å². The number of amides is 1. The van der Waals surface area contributed by atoms with E-state index in [0.717, 1.165) is 60.9 Å². The Hall–Kier alpha value is -4.09. The third kappa shape index (κ3) is 4.66. The lowest BCUT2D eigenvalue weighted by atomic mass is 10.0. The fraction of sp³-hybridized carbons (Fsp3) is 0.182. The molecule has 0 unspecified atom stereocenters. The van der Waals surface area contributed by atoms with Gasteiger partial charge in [0.2, 0.25) is 0 Å². The summed E-state index contributed by atoms with van der Waals surface area (Å²) in [4.78, 5) is 34.0. The van der Waals surface area contributed by atoms with Crippen LogP contribution >= 0.6 is 11.3 Å². The maximum atomic E-state index is 13.2. The predicted molar refractivity (Wildman–Crippen MR) is 155 cm³/mol. The molecule has 2 heterocycles. The molecule has 38 heavy (non-hydrogen) atoms. The molecular formula is C33H28N2O2S. The number of nitrogens with zero attached hydrogens (tertiary/aromatic N) is 2. The van der Waals surface area contributed by atoms with Gasteiger partial charge in [-0.15, -0.1) is 11.3 Å². The Bertz CT molecular complexity index is 1700. The molecule has 5 aromatic rings. The van der Waals surface area contributed by atoms with E-state index in [-0.39, 0.29) is 11.7 Å². The second-order valence-corrected chi connectivity index (χ2v) is 11.2. The summed E-state index contributed by atoms with van der Waals surface area (Å²) in [7, 11) is 0. The number of Topliss-reactive ketones (excluding diaryl/α,β-unsaturated/α-hetero) is 1. The monoisotopic (exact) mass is 516 g/mol. The van der Waals surface area contributed by atoms with Crippen molar-refractivity contribution < 1.29 is 9.59 Å². The van der Waals surface area contributed by atoms with E-state index in [0.29, 0.717) is 19.4 Å². The molecule has 0 radical (unpaired) electrons. The van der Waals surface area contributed by atoms with Gasteiger partial charge in [0, 0.05) is 34.7 Å². The van der Waals surface area contributed by atoms with Crippen LogP contribution in [-0.2, 0) is 24.1 Å². The van der Waals surface area contributed by atoms with Gasteiger partial charge in [-0.05, 0) is 65.9 Å². The zero-order valence-electron chi connectivity index (χ0n) is 21.5. The van der Waals surface area contributed by atoms with Crippen molar-refractivity contribution in [1.82, 2.24) is 4.98 Å². The van der Waals surface area contributed by atoms with Crippen LogP contribution in [0.3, 0.4) is 0 Å². The number of thiazole rings is 1. The average Bonchev–Trinajstić information content (AvgIpc) is 3.51. The second kappa shape index (κ2) is 9.99. The van der Waals surface area contributed by atoms with Crippen LogP contribution < -0.4 is 4.90 Å². The molecule has 1 aromatic heterocycles. The van der Waals surface area contributed by atoms with Gasteiger partial charge in [-0.25, -0.2) is 4.98 Å². The molecule has 1 aliphatic rings. The van der Waals surface area contributed by atoms with Crippen molar-refractivity contribution in [3.05, 3.63) is 117 Å². The van der Waals surface area contributed by atoms with E-state index in [1.54, 1.807) is 11.3 Å². The van der Waals surface area contributed by atoms with E-state index < -0.39 is 0 Å². The highest BCUT2D eigenvalue weighted by molar-refractivity contribution is 7.12. The highest BCUT2D eigenvalue weighted by Crippen LogP contribution is 2.35. The van der Waals surface area contributed by atoms with Crippen molar-refractivity contribution >= 4 is 39.5 Å². The number of rotatable bonds is 6. The molecule has 6 rings (SSSR count). The first kappa shape index (κ1) is 24.3. The molecule has 0 spiro atoms. The number of ketones is 1. The van der Waals surface area contributed by atoms with Gasteiger partial charge in [0.1, 0.15) is 10.8 Å². The van der Waals surface area contributed by atoms with E-state index in [2.05, 4.69) is 37.3 Å². The summed E-state index contributed by atoms with van der Waals surface area (Å²) >= 11 is 1.59. The summed E-state index contributed by atoms with van der Waals surface area (Å²) in [5.74, 6) is 0.214. The summed E-state index contributed by atoms with van der Waals surface area (Å²) < 4.78 is 0. The Morgan fingerprint density at radius 3 is 2.50 bits per heavy atom. The molecular weight excluding hydrogens is 488 g/mol. The molecule has 0 aliphatic carbocycles. The number of benzene rings is 4. The topological polar surface area (TPSA) is 50.3 Å². The quantitative estimate of drug-likeness (QED) is 0.241. The summed E-state index contributed by atoms with van der Waals surface area (Å²) in [5.41, 5.74) is 6.86. The third-order valence-electron chi connectivity index (χ3n) is 7.27. The average molecular weight is 517 g/mol. The minimum Gasteiger partial charge on any atom is -0.308 e. The standard InChI is InChI=1S/C33H28N2O2S/c1-21-7-3-6-10-29(21)33(37)35-16-15-26-19-27(13-14-30(26)35)32-22(2)38-31(34-32)20-28(36)18-23-11-12-24-8-4-5-9-25(24)17-23/h3-14,17,19H,15-16,18,20H2,1-2H3. The summed E-state index contributed by atoms with van der Waals surface area (Å²) in [5, 5.41) is 3.18. The summed E-state index contributed by atoms with van der Waals surface area (Å²) in [6.07, 6.45) is 1.56. The van der Waals surface area contributed by atoms with Crippen LogP contribution in [-0.4, -0.2) is 23.2 Å². The van der Waals surface area contributed by atoms with E-state index in [1.165, 1.54) is 5.39 Å². The molecule has 0 N–H and O–H groups in total. The fourth-order valence-electron chi connectivity index (χ4n) is 5.32. The Morgan fingerprint density at radius 1 is 0.868 bits per heavy atom. The van der Waals surface area contributed by atoms with Crippen LogP contribution in [0.2, 0.25) is 0 Å². The SMILES string of the molecule is Cc1ccccc1C(=O)N1CCc2cc(-c3nc(CC(=O)Cc4ccc5ccccc5c4)sc3C)ccc21. The summed E-state index contributed by atoms with van der Waals surface area (Å²) in [6, 6.07) is 28.4. The normalized spacial score (nSPS) is 12.6. The van der Waals surface area contributed by atoms with E-state index in [9.17, 15) is 9.59 Å². The van der Waals surface area contributed by atoms with Gasteiger partial charge in [-0.3, -0.25) is 9.59 Å². The first-order valence-electron chi connectivity index (χ1n) is 12.9. The molecule has 0 atom stereocenters. The molecule has 4 aromatic carbocycles. The zero-order chi connectivity index (χ0) is 26.2. The number of anilines is 1. The van der Waals surface area contributed by atoms with Crippen molar-refractivity contribution in [3.8, 4) is 11.3 Å². The lowest BCUT2D eigenvalue weighted by molar-refractivity contribution is -0.117. The highest BCUT2D eigenvalue weighted by Gasteiger charge is 2.27. The molecule has 188 valence electrons. The predicted octanol–water partition coefficient (Wildman–Crippen LogP) is 7.14. The van der Waals surface area contributed by atoms with Gasteiger partial charge in [-0.2, -0.15) is 0 Å². The van der Waals surface area contributed by atoms with Crippen LogP contribution in [0, 0.1) is 13.8 Å². The third-order valence-corrected chi connectivity index (χ3v) is 8.24. The van der Waals surface area contributed by atoms with Crippen molar-refractivity contribution in [1.29, 1.82) is 0 Å². The number of carbonyl (C=O) groups is 2. The number of aryl methyl sites for hydroxylation is 2. The number of fused-ring (bicyclic) bond motifs is 2. The highest BCUT2D eigenvalue weighted by atomic mass is 32.1. The van der Waals surface area contributed by atoms with Crippen LogP contribution in [0.1, 0.15) is 36.9 Å². The smallest absolute Gasteiger partial charge is 0.258 e. The van der Waals surface area contributed by atoms with Crippen molar-refractivity contribution in [2.75, 3.05) is 11.4 Å². The molecule has 0 bridgehead atoms. The number of aromatic nitrogens is 1. The zero-order valence-corrected chi connectivity index (χ0v) is 22.3. The first-order chi connectivity index (χ1) is 18.5. The van der Waals surface area contributed by atoms with Crippen molar-refractivity contribution in [2.24, 2.45) is 0 Å². The second-order valence-electron chi connectivity index (χ2n) is 9.95. The summed E-state index contributed by atoms with van der Waals surface area (Å²) in [6.45, 7) is 4.71. The van der Waals surface area contributed by atoms with Gasteiger partial charge >= 0.3 is 0 Å². The molecule has 1 amide bonds. The Labute approximate surface area is 226 Å². The molecule has 5 heteroatoms.